The predicted molar refractivity (Wildman–Crippen MR) is 67.4 cm³/mol. The van der Waals surface area contributed by atoms with Crippen molar-refractivity contribution in [3.8, 4) is 11.1 Å². The summed E-state index contributed by atoms with van der Waals surface area (Å²) in [5.74, 6) is 0.852. The van der Waals surface area contributed by atoms with Gasteiger partial charge in [-0.1, -0.05) is 66.5 Å². The number of nitrogens with two attached hydrogens (primary N) is 1. The maximum atomic E-state index is 5.52. The van der Waals surface area contributed by atoms with Crippen LogP contribution in [0.1, 0.15) is 5.56 Å². The van der Waals surface area contributed by atoms with E-state index in [9.17, 15) is 0 Å². The van der Waals surface area contributed by atoms with Gasteiger partial charge in [0.15, 0.2) is 0 Å². The summed E-state index contributed by atoms with van der Waals surface area (Å²) >= 11 is 1.36. The molecule has 0 aromatic heterocycles. The molecule has 0 aliphatic carbocycles. The summed E-state index contributed by atoms with van der Waals surface area (Å²) in [4.78, 5) is 0. The van der Waals surface area contributed by atoms with E-state index in [0.29, 0.717) is 0 Å². The summed E-state index contributed by atoms with van der Waals surface area (Å²) in [5.41, 5.74) is 3.81. The summed E-state index contributed by atoms with van der Waals surface area (Å²) in [7, 11) is 0. The van der Waals surface area contributed by atoms with Crippen molar-refractivity contribution in [3.05, 3.63) is 60.2 Å². The van der Waals surface area contributed by atoms with E-state index in [0.717, 1.165) is 5.75 Å². The second-order valence-electron chi connectivity index (χ2n) is 3.33. The van der Waals surface area contributed by atoms with E-state index in [1.54, 1.807) is 0 Å². The van der Waals surface area contributed by atoms with Gasteiger partial charge in [-0.3, -0.25) is 5.14 Å². The Hall–Kier alpha value is -1.25. The zero-order chi connectivity index (χ0) is 10.5. The molecular formula is C13H13NS. The van der Waals surface area contributed by atoms with Crippen LogP contribution in [0.5, 0.6) is 0 Å². The molecular weight excluding hydrogens is 202 g/mol. The SMILES string of the molecule is NSCc1ccccc1-c1ccccc1. The van der Waals surface area contributed by atoms with Crippen LogP contribution in [0.25, 0.3) is 11.1 Å². The maximum Gasteiger partial charge on any atom is 0.0334 e. The molecule has 0 saturated heterocycles. The highest BCUT2D eigenvalue weighted by Gasteiger charge is 2.02. The van der Waals surface area contributed by atoms with E-state index in [4.69, 9.17) is 5.14 Å². The lowest BCUT2D eigenvalue weighted by Crippen LogP contribution is -1.89. The molecule has 2 N–H and O–H groups in total. The van der Waals surface area contributed by atoms with Crippen LogP contribution in [0.3, 0.4) is 0 Å². The first-order valence-electron chi connectivity index (χ1n) is 4.87. The predicted octanol–water partition coefficient (Wildman–Crippen LogP) is 3.46. The minimum Gasteiger partial charge on any atom is -0.278 e. The lowest BCUT2D eigenvalue weighted by atomic mass is 10.0. The Morgan fingerprint density at radius 3 is 2.27 bits per heavy atom. The summed E-state index contributed by atoms with van der Waals surface area (Å²) in [6.07, 6.45) is 0. The fraction of sp³-hybridized carbons (Fsp3) is 0.0769. The van der Waals surface area contributed by atoms with E-state index in [-0.39, 0.29) is 0 Å². The first kappa shape index (κ1) is 10.3. The molecule has 0 bridgehead atoms. The third-order valence-corrected chi connectivity index (χ3v) is 2.82. The Morgan fingerprint density at radius 1 is 0.867 bits per heavy atom. The normalized spacial score (nSPS) is 10.2. The molecule has 2 heteroatoms. The van der Waals surface area contributed by atoms with Gasteiger partial charge < -0.3 is 0 Å². The number of hydrogen-bond donors (Lipinski definition) is 1. The van der Waals surface area contributed by atoms with Crippen LogP contribution in [-0.2, 0) is 5.75 Å². The first-order valence-corrected chi connectivity index (χ1v) is 5.91. The minimum atomic E-state index is 0.852. The highest BCUT2D eigenvalue weighted by Crippen LogP contribution is 2.25. The summed E-state index contributed by atoms with van der Waals surface area (Å²) in [6.45, 7) is 0. The molecule has 0 aliphatic heterocycles. The first-order chi connectivity index (χ1) is 7.42. The van der Waals surface area contributed by atoms with Crippen LogP contribution in [0, 0.1) is 0 Å². The number of hydrogen-bond acceptors (Lipinski definition) is 2. The summed E-state index contributed by atoms with van der Waals surface area (Å²) in [6, 6.07) is 18.8. The van der Waals surface area contributed by atoms with E-state index in [2.05, 4.69) is 48.5 Å². The van der Waals surface area contributed by atoms with E-state index in [1.807, 2.05) is 6.07 Å². The highest BCUT2D eigenvalue weighted by molar-refractivity contribution is 7.96. The van der Waals surface area contributed by atoms with Crippen LogP contribution in [0.15, 0.2) is 54.6 Å². The second-order valence-corrected chi connectivity index (χ2v) is 3.96. The van der Waals surface area contributed by atoms with Gasteiger partial charge in [0.1, 0.15) is 0 Å². The standard InChI is InChI=1S/C13H13NS/c14-15-10-12-8-4-5-9-13(12)11-6-2-1-3-7-11/h1-9H,10,14H2. The van der Waals surface area contributed by atoms with Crippen molar-refractivity contribution in [2.45, 2.75) is 5.75 Å². The van der Waals surface area contributed by atoms with Crippen molar-refractivity contribution in [1.82, 2.24) is 0 Å². The third-order valence-electron chi connectivity index (χ3n) is 2.34. The average Bonchev–Trinajstić information content (AvgIpc) is 2.31. The number of benzene rings is 2. The molecule has 2 aromatic carbocycles. The molecule has 2 aromatic rings. The quantitative estimate of drug-likeness (QED) is 0.793. The topological polar surface area (TPSA) is 26.0 Å². The smallest absolute Gasteiger partial charge is 0.0334 e. The van der Waals surface area contributed by atoms with Gasteiger partial charge >= 0.3 is 0 Å². The molecule has 1 nitrogen and oxygen atoms in total. The Labute approximate surface area is 94.5 Å². The van der Waals surface area contributed by atoms with Gasteiger partial charge in [-0.05, 0) is 16.7 Å². The fourth-order valence-electron chi connectivity index (χ4n) is 1.64. The van der Waals surface area contributed by atoms with E-state index < -0.39 is 0 Å². The van der Waals surface area contributed by atoms with Crippen LogP contribution < -0.4 is 5.14 Å². The maximum absolute atomic E-state index is 5.52. The van der Waals surface area contributed by atoms with Crippen molar-refractivity contribution in [2.24, 2.45) is 5.14 Å². The largest absolute Gasteiger partial charge is 0.278 e. The van der Waals surface area contributed by atoms with Crippen molar-refractivity contribution in [1.29, 1.82) is 0 Å². The second kappa shape index (κ2) is 5.01. The minimum absolute atomic E-state index is 0.852. The van der Waals surface area contributed by atoms with Gasteiger partial charge in [0, 0.05) is 5.75 Å². The molecule has 76 valence electrons. The lowest BCUT2D eigenvalue weighted by molar-refractivity contribution is 1.41. The molecule has 0 atom stereocenters. The van der Waals surface area contributed by atoms with Gasteiger partial charge in [-0.25, -0.2) is 0 Å². The molecule has 0 aliphatic rings. The fourth-order valence-corrected chi connectivity index (χ4v) is 2.07. The van der Waals surface area contributed by atoms with Crippen LogP contribution in [0.4, 0.5) is 0 Å². The molecule has 0 radical (unpaired) electrons. The number of rotatable bonds is 3. The molecule has 0 heterocycles. The van der Waals surface area contributed by atoms with Crippen LogP contribution >= 0.6 is 11.9 Å². The molecule has 0 spiro atoms. The zero-order valence-corrected chi connectivity index (χ0v) is 9.21. The van der Waals surface area contributed by atoms with Crippen LogP contribution in [0.2, 0.25) is 0 Å². The van der Waals surface area contributed by atoms with Crippen LogP contribution in [-0.4, -0.2) is 0 Å². The van der Waals surface area contributed by atoms with Gasteiger partial charge in [-0.2, -0.15) is 0 Å². The molecule has 0 unspecified atom stereocenters. The Balaban J connectivity index is 2.43. The monoisotopic (exact) mass is 215 g/mol. The van der Waals surface area contributed by atoms with E-state index in [1.165, 1.54) is 28.6 Å². The Bertz CT molecular complexity index is 426. The van der Waals surface area contributed by atoms with Crippen molar-refractivity contribution >= 4 is 11.9 Å². The van der Waals surface area contributed by atoms with Crippen molar-refractivity contribution < 1.29 is 0 Å². The van der Waals surface area contributed by atoms with E-state index >= 15 is 0 Å². The lowest BCUT2D eigenvalue weighted by Gasteiger charge is -2.07. The van der Waals surface area contributed by atoms with Crippen molar-refractivity contribution in [2.75, 3.05) is 0 Å². The summed E-state index contributed by atoms with van der Waals surface area (Å²) in [5, 5.41) is 5.52. The molecule has 0 fully saturated rings. The highest BCUT2D eigenvalue weighted by atomic mass is 32.2. The van der Waals surface area contributed by atoms with Gasteiger partial charge in [0.2, 0.25) is 0 Å². The molecule has 0 amide bonds. The van der Waals surface area contributed by atoms with Gasteiger partial charge in [0.25, 0.3) is 0 Å². The third kappa shape index (κ3) is 2.41. The molecule has 15 heavy (non-hydrogen) atoms. The van der Waals surface area contributed by atoms with Gasteiger partial charge in [0.05, 0.1) is 0 Å². The average molecular weight is 215 g/mol. The Morgan fingerprint density at radius 2 is 1.53 bits per heavy atom. The zero-order valence-electron chi connectivity index (χ0n) is 8.39. The Kier molecular flexibility index (Phi) is 3.43. The molecule has 0 saturated carbocycles. The molecule has 2 rings (SSSR count). The summed E-state index contributed by atoms with van der Waals surface area (Å²) < 4.78 is 0. The van der Waals surface area contributed by atoms with Gasteiger partial charge in [-0.15, -0.1) is 0 Å². The van der Waals surface area contributed by atoms with Crippen molar-refractivity contribution in [3.63, 3.8) is 0 Å².